The van der Waals surface area contributed by atoms with Gasteiger partial charge in [-0.15, -0.1) is 5.73 Å². The molecule has 0 aromatic rings. The lowest BCUT2D eigenvalue weighted by atomic mass is 10.5. The SMILES string of the molecule is CN1C=C=CC1N. The van der Waals surface area contributed by atoms with Crippen LogP contribution in [0.15, 0.2) is 18.0 Å². The quantitative estimate of drug-likeness (QED) is 0.426. The van der Waals surface area contributed by atoms with Gasteiger partial charge in [-0.05, 0) is 6.08 Å². The van der Waals surface area contributed by atoms with Gasteiger partial charge in [-0.2, -0.15) is 0 Å². The van der Waals surface area contributed by atoms with E-state index < -0.39 is 0 Å². The van der Waals surface area contributed by atoms with Gasteiger partial charge in [-0.3, -0.25) is 0 Å². The predicted molar refractivity (Wildman–Crippen MR) is 28.4 cm³/mol. The summed E-state index contributed by atoms with van der Waals surface area (Å²) in [5.41, 5.74) is 8.33. The van der Waals surface area contributed by atoms with Gasteiger partial charge >= 0.3 is 0 Å². The highest BCUT2D eigenvalue weighted by Crippen LogP contribution is 1.95. The molecule has 0 aromatic heterocycles. The third kappa shape index (κ3) is 0.660. The van der Waals surface area contributed by atoms with E-state index in [-0.39, 0.29) is 6.17 Å². The van der Waals surface area contributed by atoms with Crippen molar-refractivity contribution < 1.29 is 0 Å². The van der Waals surface area contributed by atoms with Crippen LogP contribution in [0.1, 0.15) is 0 Å². The highest BCUT2D eigenvalue weighted by atomic mass is 15.2. The fraction of sp³-hybridized carbons (Fsp3) is 0.400. The zero-order valence-electron chi connectivity index (χ0n) is 4.26. The minimum Gasteiger partial charge on any atom is -0.355 e. The molecule has 38 valence electrons. The molecule has 2 nitrogen and oxygen atoms in total. The number of nitrogens with two attached hydrogens (primary N) is 1. The standard InChI is InChI=1S/C5H8N2/c1-7-4-2-3-5(7)6/h3-5H,6H2,1H3. The maximum absolute atomic E-state index is 5.45. The van der Waals surface area contributed by atoms with Gasteiger partial charge in [0, 0.05) is 13.2 Å². The molecule has 0 bridgehead atoms. The third-order valence-electron chi connectivity index (χ3n) is 1.02. The Morgan fingerprint density at radius 3 is 2.71 bits per heavy atom. The van der Waals surface area contributed by atoms with Crippen LogP contribution in [0, 0.1) is 0 Å². The molecule has 1 unspecified atom stereocenters. The van der Waals surface area contributed by atoms with Crippen LogP contribution in [0.4, 0.5) is 0 Å². The van der Waals surface area contributed by atoms with Crippen LogP contribution in [0.5, 0.6) is 0 Å². The van der Waals surface area contributed by atoms with E-state index in [0.717, 1.165) is 0 Å². The Balaban J connectivity index is 2.60. The molecule has 1 heterocycles. The summed E-state index contributed by atoms with van der Waals surface area (Å²) in [7, 11) is 1.92. The molecule has 1 rings (SSSR count). The fourth-order valence-corrected chi connectivity index (χ4v) is 0.463. The van der Waals surface area contributed by atoms with Gasteiger partial charge in [0.1, 0.15) is 6.17 Å². The molecule has 0 fully saturated rings. The lowest BCUT2D eigenvalue weighted by Crippen LogP contribution is -2.30. The third-order valence-corrected chi connectivity index (χ3v) is 1.02. The van der Waals surface area contributed by atoms with Crippen molar-refractivity contribution in [1.82, 2.24) is 4.90 Å². The van der Waals surface area contributed by atoms with Crippen molar-refractivity contribution in [2.75, 3.05) is 7.05 Å². The van der Waals surface area contributed by atoms with Crippen molar-refractivity contribution in [1.29, 1.82) is 0 Å². The van der Waals surface area contributed by atoms with Crippen LogP contribution in [0.3, 0.4) is 0 Å². The Morgan fingerprint density at radius 1 is 1.86 bits per heavy atom. The average Bonchev–Trinajstić information content (AvgIpc) is 1.91. The monoisotopic (exact) mass is 96.1 g/mol. The molecule has 2 heteroatoms. The Kier molecular flexibility index (Phi) is 0.895. The minimum absolute atomic E-state index is 0.0556. The smallest absolute Gasteiger partial charge is 0.103 e. The molecule has 0 saturated heterocycles. The normalized spacial score (nSPS) is 27.1. The van der Waals surface area contributed by atoms with E-state index in [1.54, 1.807) is 0 Å². The Labute approximate surface area is 42.9 Å². The van der Waals surface area contributed by atoms with Gasteiger partial charge in [-0.25, -0.2) is 0 Å². The molecular weight excluding hydrogens is 88.1 g/mol. The molecule has 0 radical (unpaired) electrons. The van der Waals surface area contributed by atoms with E-state index in [4.69, 9.17) is 5.73 Å². The zero-order valence-corrected chi connectivity index (χ0v) is 4.26. The molecule has 1 aliphatic rings. The molecular formula is C5H8N2. The first-order valence-electron chi connectivity index (χ1n) is 2.21. The molecule has 1 atom stereocenters. The average molecular weight is 96.1 g/mol. The summed E-state index contributed by atoms with van der Waals surface area (Å²) >= 11 is 0. The van der Waals surface area contributed by atoms with Crippen molar-refractivity contribution in [2.45, 2.75) is 6.17 Å². The maximum atomic E-state index is 5.45. The summed E-state index contributed by atoms with van der Waals surface area (Å²) in [5.74, 6) is 0. The van der Waals surface area contributed by atoms with Crippen LogP contribution in [-0.2, 0) is 0 Å². The van der Waals surface area contributed by atoms with Crippen molar-refractivity contribution >= 4 is 0 Å². The Morgan fingerprint density at radius 2 is 2.57 bits per heavy atom. The number of hydrogen-bond acceptors (Lipinski definition) is 2. The van der Waals surface area contributed by atoms with Crippen LogP contribution in [0.2, 0.25) is 0 Å². The summed E-state index contributed by atoms with van der Waals surface area (Å²) in [4.78, 5) is 1.89. The van der Waals surface area contributed by atoms with Crippen molar-refractivity contribution in [3.63, 3.8) is 0 Å². The van der Waals surface area contributed by atoms with Gasteiger partial charge in [0.15, 0.2) is 0 Å². The molecule has 2 N–H and O–H groups in total. The molecule has 7 heavy (non-hydrogen) atoms. The molecule has 0 spiro atoms. The molecule has 0 amide bonds. The number of hydrogen-bond donors (Lipinski definition) is 1. The van der Waals surface area contributed by atoms with E-state index in [0.29, 0.717) is 0 Å². The van der Waals surface area contributed by atoms with E-state index in [1.807, 2.05) is 24.2 Å². The van der Waals surface area contributed by atoms with Crippen LogP contribution in [0.25, 0.3) is 0 Å². The second kappa shape index (κ2) is 1.41. The van der Waals surface area contributed by atoms with Gasteiger partial charge in [0.05, 0.1) is 0 Å². The van der Waals surface area contributed by atoms with Crippen LogP contribution in [-0.4, -0.2) is 18.1 Å². The summed E-state index contributed by atoms with van der Waals surface area (Å²) in [6.45, 7) is 0. The molecule has 0 aliphatic carbocycles. The fourth-order valence-electron chi connectivity index (χ4n) is 0.463. The van der Waals surface area contributed by atoms with Crippen molar-refractivity contribution in [3.8, 4) is 0 Å². The molecule has 0 saturated carbocycles. The van der Waals surface area contributed by atoms with Gasteiger partial charge in [-0.1, -0.05) is 0 Å². The first-order valence-corrected chi connectivity index (χ1v) is 2.21. The van der Waals surface area contributed by atoms with Gasteiger partial charge in [0.25, 0.3) is 0 Å². The summed E-state index contributed by atoms with van der Waals surface area (Å²) in [6, 6.07) is 0. The Bertz CT molecular complexity index is 110. The van der Waals surface area contributed by atoms with E-state index >= 15 is 0 Å². The minimum atomic E-state index is 0.0556. The van der Waals surface area contributed by atoms with E-state index in [1.165, 1.54) is 0 Å². The predicted octanol–water partition coefficient (Wildman–Crippen LogP) is -0.115. The first kappa shape index (κ1) is 4.44. The van der Waals surface area contributed by atoms with Crippen LogP contribution >= 0.6 is 0 Å². The molecule has 1 aliphatic heterocycles. The van der Waals surface area contributed by atoms with Crippen molar-refractivity contribution in [3.05, 3.63) is 18.0 Å². The lowest BCUT2D eigenvalue weighted by Gasteiger charge is -2.12. The van der Waals surface area contributed by atoms with Gasteiger partial charge in [0.2, 0.25) is 0 Å². The van der Waals surface area contributed by atoms with E-state index in [2.05, 4.69) is 5.73 Å². The summed E-state index contributed by atoms with van der Waals surface area (Å²) in [5, 5.41) is 0. The topological polar surface area (TPSA) is 29.3 Å². The summed E-state index contributed by atoms with van der Waals surface area (Å²) in [6.07, 6.45) is 3.70. The zero-order chi connectivity index (χ0) is 5.28. The number of nitrogens with zero attached hydrogens (tertiary/aromatic N) is 1. The van der Waals surface area contributed by atoms with Crippen molar-refractivity contribution in [2.24, 2.45) is 5.73 Å². The second-order valence-corrected chi connectivity index (χ2v) is 1.62. The molecule has 0 aromatic carbocycles. The number of likely N-dealkylation sites (N-methyl/N-ethyl adjacent to an activating group) is 1. The first-order chi connectivity index (χ1) is 3.30. The maximum Gasteiger partial charge on any atom is 0.103 e. The lowest BCUT2D eigenvalue weighted by molar-refractivity contribution is 0.407. The van der Waals surface area contributed by atoms with Gasteiger partial charge < -0.3 is 10.6 Å². The second-order valence-electron chi connectivity index (χ2n) is 1.62. The Hall–Kier alpha value is -0.720. The van der Waals surface area contributed by atoms with Crippen LogP contribution < -0.4 is 5.73 Å². The summed E-state index contributed by atoms with van der Waals surface area (Å²) < 4.78 is 0. The largest absolute Gasteiger partial charge is 0.355 e. The number of rotatable bonds is 0. The highest BCUT2D eigenvalue weighted by Gasteiger charge is 2.02. The highest BCUT2D eigenvalue weighted by molar-refractivity contribution is 5.00. The van der Waals surface area contributed by atoms with E-state index in [9.17, 15) is 0 Å².